The Kier molecular flexibility index (Phi) is 13.4. The summed E-state index contributed by atoms with van der Waals surface area (Å²) in [6, 6.07) is 59.5. The predicted octanol–water partition coefficient (Wildman–Crippen LogP) is 13.5. The van der Waals surface area contributed by atoms with Crippen molar-refractivity contribution in [2.75, 3.05) is 27.2 Å². The summed E-state index contributed by atoms with van der Waals surface area (Å²) >= 11 is 0. The molecule has 4 heterocycles. The van der Waals surface area contributed by atoms with E-state index in [4.69, 9.17) is 37.9 Å². The Morgan fingerprint density at radius 2 is 0.450 bits per heavy atom. The summed E-state index contributed by atoms with van der Waals surface area (Å²) in [5, 5.41) is 46.2. The zero-order chi connectivity index (χ0) is 54.1. The van der Waals surface area contributed by atoms with Crippen LogP contribution in [0.15, 0.2) is 146 Å². The van der Waals surface area contributed by atoms with Crippen molar-refractivity contribution in [2.24, 2.45) is 0 Å². The van der Waals surface area contributed by atoms with Gasteiger partial charge >= 0.3 is 0 Å². The van der Waals surface area contributed by atoms with Crippen LogP contribution in [0.3, 0.4) is 0 Å². The molecule has 4 aliphatic heterocycles. The Morgan fingerprint density at radius 1 is 0.275 bits per heavy atom. The summed E-state index contributed by atoms with van der Waals surface area (Å²) in [4.78, 5) is 0. The highest BCUT2D eigenvalue weighted by Crippen LogP contribution is 2.58. The molecule has 392 valence electrons. The van der Waals surface area contributed by atoms with Crippen molar-refractivity contribution in [3.05, 3.63) is 235 Å². The van der Waals surface area contributed by atoms with E-state index in [0.717, 1.165) is 66.8 Å². The number of hydrogen-bond donors (Lipinski definition) is 0. The van der Waals surface area contributed by atoms with Gasteiger partial charge in [0.2, 0.25) is 27.2 Å². The molecule has 5 aliphatic rings. The third-order valence-corrected chi connectivity index (χ3v) is 16.5. The smallest absolute Gasteiger partial charge is 0.231 e. The molecule has 8 aromatic carbocycles. The molecule has 0 saturated heterocycles. The normalized spacial score (nSPS) is 17.4. The average Bonchev–Trinajstić information content (AvgIpc) is 3.53. The lowest BCUT2D eigenvalue weighted by Crippen LogP contribution is -2.25. The number of nitrogens with zero attached hydrogens (tertiary/aromatic N) is 4. The molecule has 0 N–H and O–H groups in total. The van der Waals surface area contributed by atoms with Gasteiger partial charge in [-0.15, -0.1) is 0 Å². The Morgan fingerprint density at radius 3 is 0.613 bits per heavy atom. The van der Waals surface area contributed by atoms with Crippen molar-refractivity contribution < 1.29 is 37.9 Å². The first-order chi connectivity index (χ1) is 39.5. The molecule has 0 atom stereocenters. The van der Waals surface area contributed by atoms with Gasteiger partial charge in [0.05, 0.1) is 0 Å². The van der Waals surface area contributed by atoms with Crippen LogP contribution in [-0.4, -0.2) is 27.2 Å². The maximum absolute atomic E-state index is 11.6. The van der Waals surface area contributed by atoms with Crippen LogP contribution in [0.5, 0.6) is 46.0 Å². The number of ether oxygens (including phenoxy) is 8. The zero-order valence-electron chi connectivity index (χ0n) is 43.7. The summed E-state index contributed by atoms with van der Waals surface area (Å²) in [5.74, 6) is 0.246. The van der Waals surface area contributed by atoms with Gasteiger partial charge in [-0.1, -0.05) is 121 Å². The lowest BCUT2D eigenvalue weighted by molar-refractivity contribution is 0.0973. The molecule has 13 rings (SSSR count). The standard InChI is InChI=1S/C68H52N4O8/c69-33-57-61-49-29-51-46(26-22-42-15-7-2-8-16-42)53-31-55-48(28-24-44-19-11-4-12-20-44)56-32-54-47(27-23-43-17-9-3-10-18-43)52-30-50(45(49)25-21-41-13-5-1-6-14-41)62(74-37-73-61)58(34-70)64(52)76-39-78-66(54)60(36-72)68(56)80-40-79-67(55)59(35-71)65(53)77-38-75-63(51)57/h1-20,29-32,45-48H,21-28,37-40H2. The van der Waals surface area contributed by atoms with Gasteiger partial charge in [0.1, 0.15) is 92.5 Å². The van der Waals surface area contributed by atoms with Gasteiger partial charge in [0.15, 0.2) is 0 Å². The van der Waals surface area contributed by atoms with Crippen LogP contribution in [0.4, 0.5) is 0 Å². The summed E-state index contributed by atoms with van der Waals surface area (Å²) in [6.07, 6.45) is 4.45. The number of benzene rings is 8. The van der Waals surface area contributed by atoms with Crippen LogP contribution in [0, 0.1) is 45.3 Å². The van der Waals surface area contributed by atoms with Gasteiger partial charge in [-0.3, -0.25) is 0 Å². The second-order valence-electron chi connectivity index (χ2n) is 20.7. The molecule has 8 bridgehead atoms. The molecule has 80 heavy (non-hydrogen) atoms. The van der Waals surface area contributed by atoms with E-state index in [-0.39, 0.29) is 49.4 Å². The average molecular weight is 1050 g/mol. The molecule has 12 nitrogen and oxygen atoms in total. The highest BCUT2D eigenvalue weighted by atomic mass is 16.7. The minimum atomic E-state index is -0.551. The fourth-order valence-electron chi connectivity index (χ4n) is 12.8. The van der Waals surface area contributed by atoms with Crippen LogP contribution < -0.4 is 37.9 Å². The maximum atomic E-state index is 11.6. The number of hydrogen-bond acceptors (Lipinski definition) is 12. The molecular weight excluding hydrogens is 1000 g/mol. The minimum absolute atomic E-state index is 0.182. The van der Waals surface area contributed by atoms with E-state index >= 15 is 0 Å². The number of rotatable bonds is 12. The van der Waals surface area contributed by atoms with E-state index in [2.05, 4.69) is 97.1 Å². The molecule has 0 fully saturated rings. The van der Waals surface area contributed by atoms with Crippen LogP contribution >= 0.6 is 0 Å². The molecule has 0 spiro atoms. The van der Waals surface area contributed by atoms with Crippen LogP contribution in [0.2, 0.25) is 0 Å². The lowest BCUT2D eigenvalue weighted by Gasteiger charge is -2.36. The van der Waals surface area contributed by atoms with Crippen molar-refractivity contribution in [2.45, 2.75) is 75.0 Å². The summed E-state index contributed by atoms with van der Waals surface area (Å²) < 4.78 is 53.4. The highest BCUT2D eigenvalue weighted by molar-refractivity contribution is 5.73. The highest BCUT2D eigenvalue weighted by Gasteiger charge is 2.42. The Bertz CT molecular complexity index is 3250. The zero-order valence-corrected chi connectivity index (χ0v) is 43.7. The third kappa shape index (κ3) is 8.86. The predicted molar refractivity (Wildman–Crippen MR) is 296 cm³/mol. The fourth-order valence-corrected chi connectivity index (χ4v) is 12.8. The molecule has 1 aliphatic carbocycles. The Labute approximate surface area is 464 Å². The Balaban J connectivity index is 1.18. The van der Waals surface area contributed by atoms with E-state index in [1.54, 1.807) is 0 Å². The van der Waals surface area contributed by atoms with Crippen LogP contribution in [0.25, 0.3) is 0 Å². The van der Waals surface area contributed by atoms with Crippen molar-refractivity contribution >= 4 is 0 Å². The second kappa shape index (κ2) is 21.5. The van der Waals surface area contributed by atoms with Gasteiger partial charge in [-0.2, -0.15) is 21.0 Å². The van der Waals surface area contributed by atoms with E-state index in [0.29, 0.717) is 97.4 Å². The van der Waals surface area contributed by atoms with E-state index in [9.17, 15) is 21.0 Å². The molecule has 8 aromatic rings. The first-order valence-corrected chi connectivity index (χ1v) is 27.1. The van der Waals surface area contributed by atoms with Crippen molar-refractivity contribution in [3.8, 4) is 70.3 Å². The topological polar surface area (TPSA) is 169 Å². The maximum Gasteiger partial charge on any atom is 0.231 e. The number of aryl methyl sites for hydroxylation is 4. The monoisotopic (exact) mass is 1050 g/mol. The van der Waals surface area contributed by atoms with E-state index in [1.165, 1.54) is 0 Å². The summed E-state index contributed by atoms with van der Waals surface area (Å²) in [5.41, 5.74) is 10.9. The van der Waals surface area contributed by atoms with Crippen molar-refractivity contribution in [3.63, 3.8) is 0 Å². The molecule has 0 saturated carbocycles. The molecule has 0 radical (unpaired) electrons. The summed E-state index contributed by atoms with van der Waals surface area (Å²) in [7, 11) is 0. The van der Waals surface area contributed by atoms with Crippen LogP contribution in [0.1, 0.15) is 138 Å². The molecule has 0 aromatic heterocycles. The molecule has 12 heteroatoms. The van der Waals surface area contributed by atoms with Gasteiger partial charge < -0.3 is 37.9 Å². The largest absolute Gasteiger partial charge is 0.456 e. The van der Waals surface area contributed by atoms with E-state index in [1.807, 2.05) is 72.8 Å². The first-order valence-electron chi connectivity index (χ1n) is 27.1. The molecular formula is C68H52N4O8. The Hall–Kier alpha value is -9.88. The van der Waals surface area contributed by atoms with Gasteiger partial charge in [-0.05, 0) is 97.9 Å². The first kappa shape index (κ1) is 49.7. The molecule has 0 unspecified atom stereocenters. The minimum Gasteiger partial charge on any atom is -0.456 e. The van der Waals surface area contributed by atoms with Crippen molar-refractivity contribution in [1.29, 1.82) is 21.0 Å². The quantitative estimate of drug-likeness (QED) is 0.114. The third-order valence-electron chi connectivity index (χ3n) is 16.5. The fraction of sp³-hybridized carbons (Fsp3) is 0.235. The second-order valence-corrected chi connectivity index (χ2v) is 20.7. The SMILES string of the molecule is N#Cc1c2c3cc4c1OCOc1c(cc5c(c1C#N)OCOc1c(cc6c(c1C#N)OCOc1c(cc(c(c1C#N)OCO2)C3CCc1ccccc1)C6CCc1ccccc1)C5CCc1ccccc1)C4CCc1ccccc1. The van der Waals surface area contributed by atoms with Crippen LogP contribution in [-0.2, 0) is 25.7 Å². The number of nitriles is 4. The van der Waals surface area contributed by atoms with Crippen molar-refractivity contribution in [1.82, 2.24) is 0 Å². The summed E-state index contributed by atoms with van der Waals surface area (Å²) in [6.45, 7) is -1.39. The van der Waals surface area contributed by atoms with Gasteiger partial charge in [0, 0.05) is 68.2 Å². The van der Waals surface area contributed by atoms with E-state index < -0.39 is 23.7 Å². The van der Waals surface area contributed by atoms with Gasteiger partial charge in [0.25, 0.3) is 0 Å². The lowest BCUT2D eigenvalue weighted by atomic mass is 9.74. The molecule has 0 amide bonds. The van der Waals surface area contributed by atoms with Gasteiger partial charge in [-0.25, -0.2) is 0 Å².